The second-order valence-corrected chi connectivity index (χ2v) is 5.12. The van der Waals surface area contributed by atoms with E-state index in [1.807, 2.05) is 6.92 Å². The molecule has 1 aromatic rings. The lowest BCUT2D eigenvalue weighted by Crippen LogP contribution is -2.07. The summed E-state index contributed by atoms with van der Waals surface area (Å²) < 4.78 is 0. The molecule has 0 spiro atoms. The molecule has 2 rings (SSSR count). The van der Waals surface area contributed by atoms with E-state index in [1.54, 1.807) is 0 Å². The third-order valence-electron chi connectivity index (χ3n) is 3.62. The first-order valence-electron chi connectivity index (χ1n) is 5.87. The summed E-state index contributed by atoms with van der Waals surface area (Å²) in [6, 6.07) is 6.44. The van der Waals surface area contributed by atoms with Gasteiger partial charge in [0.05, 0.1) is 6.10 Å². The molecule has 0 amide bonds. The number of benzene rings is 1. The van der Waals surface area contributed by atoms with Crippen LogP contribution in [0.1, 0.15) is 43.6 Å². The van der Waals surface area contributed by atoms with Gasteiger partial charge in [0.2, 0.25) is 0 Å². The van der Waals surface area contributed by atoms with Crippen LogP contribution in [0.4, 0.5) is 0 Å². The van der Waals surface area contributed by atoms with Gasteiger partial charge in [-0.1, -0.05) is 32.0 Å². The topological polar surface area (TPSA) is 20.2 Å². The molecule has 0 radical (unpaired) electrons. The molecule has 1 heteroatoms. The first kappa shape index (κ1) is 10.7. The molecule has 0 aliphatic heterocycles. The van der Waals surface area contributed by atoms with Crippen molar-refractivity contribution in [2.75, 3.05) is 0 Å². The highest BCUT2D eigenvalue weighted by atomic mass is 16.3. The Morgan fingerprint density at radius 3 is 2.40 bits per heavy atom. The van der Waals surface area contributed by atoms with Gasteiger partial charge >= 0.3 is 0 Å². The minimum atomic E-state index is -0.339. The average molecular weight is 204 g/mol. The molecule has 0 unspecified atom stereocenters. The molecule has 0 fully saturated rings. The van der Waals surface area contributed by atoms with Crippen LogP contribution >= 0.6 is 0 Å². The third kappa shape index (κ3) is 2.07. The zero-order valence-corrected chi connectivity index (χ0v) is 9.83. The van der Waals surface area contributed by atoms with E-state index in [9.17, 15) is 5.11 Å². The highest BCUT2D eigenvalue weighted by Gasteiger charge is 2.24. The van der Waals surface area contributed by atoms with Crippen molar-refractivity contribution < 1.29 is 5.11 Å². The molecule has 0 bridgehead atoms. The Bertz CT molecular complexity index is 352. The number of hydrogen-bond acceptors (Lipinski definition) is 1. The van der Waals surface area contributed by atoms with Gasteiger partial charge < -0.3 is 5.11 Å². The summed E-state index contributed by atoms with van der Waals surface area (Å²) in [7, 11) is 0. The van der Waals surface area contributed by atoms with Crippen LogP contribution < -0.4 is 0 Å². The van der Waals surface area contributed by atoms with Crippen LogP contribution in [0.2, 0.25) is 0 Å². The lowest BCUT2D eigenvalue weighted by atomic mass is 9.93. The maximum absolute atomic E-state index is 9.53. The van der Waals surface area contributed by atoms with Gasteiger partial charge in [0.25, 0.3) is 0 Å². The van der Waals surface area contributed by atoms with Crippen molar-refractivity contribution in [2.45, 2.75) is 39.7 Å². The van der Waals surface area contributed by atoms with E-state index in [4.69, 9.17) is 0 Å². The van der Waals surface area contributed by atoms with E-state index in [-0.39, 0.29) is 6.10 Å². The summed E-state index contributed by atoms with van der Waals surface area (Å²) in [5, 5.41) is 9.53. The van der Waals surface area contributed by atoms with Crippen molar-refractivity contribution >= 4 is 0 Å². The van der Waals surface area contributed by atoms with Gasteiger partial charge in [-0.15, -0.1) is 0 Å². The summed E-state index contributed by atoms with van der Waals surface area (Å²) >= 11 is 0. The second-order valence-electron chi connectivity index (χ2n) is 5.12. The predicted octanol–water partition coefficient (Wildman–Crippen LogP) is 3.11. The zero-order valence-electron chi connectivity index (χ0n) is 9.83. The van der Waals surface area contributed by atoms with Gasteiger partial charge in [-0.25, -0.2) is 0 Å². The fraction of sp³-hybridized carbons (Fsp3) is 0.571. The molecule has 82 valence electrons. The van der Waals surface area contributed by atoms with Crippen LogP contribution in [-0.4, -0.2) is 5.11 Å². The highest BCUT2D eigenvalue weighted by Crippen LogP contribution is 2.32. The summed E-state index contributed by atoms with van der Waals surface area (Å²) in [5.41, 5.74) is 3.99. The number of fused-ring (bicyclic) bond motifs is 1. The Labute approximate surface area is 92.1 Å². The fourth-order valence-corrected chi connectivity index (χ4v) is 2.40. The van der Waals surface area contributed by atoms with Gasteiger partial charge in [-0.2, -0.15) is 0 Å². The van der Waals surface area contributed by atoms with E-state index < -0.39 is 0 Å². The summed E-state index contributed by atoms with van der Waals surface area (Å²) in [6.45, 7) is 6.43. The summed E-state index contributed by atoms with van der Waals surface area (Å²) in [4.78, 5) is 0. The number of aliphatic hydroxyl groups is 1. The van der Waals surface area contributed by atoms with Gasteiger partial charge in [0.15, 0.2) is 0 Å². The Kier molecular flexibility index (Phi) is 2.83. The first-order chi connectivity index (χ1) is 7.08. The molecule has 1 nitrogen and oxygen atoms in total. The Morgan fingerprint density at radius 2 is 1.80 bits per heavy atom. The Balaban J connectivity index is 2.24. The molecule has 1 aliphatic carbocycles. The Morgan fingerprint density at radius 1 is 1.13 bits per heavy atom. The van der Waals surface area contributed by atoms with E-state index >= 15 is 0 Å². The van der Waals surface area contributed by atoms with Crippen molar-refractivity contribution in [1.82, 2.24) is 0 Å². The smallest absolute Gasteiger partial charge is 0.0762 e. The maximum atomic E-state index is 9.53. The quantitative estimate of drug-likeness (QED) is 0.784. The van der Waals surface area contributed by atoms with E-state index in [0.29, 0.717) is 0 Å². The van der Waals surface area contributed by atoms with Crippen LogP contribution in [0, 0.1) is 11.8 Å². The molecule has 0 saturated carbocycles. The second kappa shape index (κ2) is 3.97. The van der Waals surface area contributed by atoms with Gasteiger partial charge in [-0.05, 0) is 48.3 Å². The van der Waals surface area contributed by atoms with Crippen LogP contribution in [0.5, 0.6) is 0 Å². The lowest BCUT2D eigenvalue weighted by Gasteiger charge is -2.12. The van der Waals surface area contributed by atoms with E-state index in [1.165, 1.54) is 24.0 Å². The van der Waals surface area contributed by atoms with Crippen molar-refractivity contribution in [3.63, 3.8) is 0 Å². The van der Waals surface area contributed by atoms with E-state index in [0.717, 1.165) is 17.4 Å². The molecule has 1 aromatic carbocycles. The minimum absolute atomic E-state index is 0.339. The first-order valence-corrected chi connectivity index (χ1v) is 5.87. The van der Waals surface area contributed by atoms with Gasteiger partial charge in [0, 0.05) is 0 Å². The SMILES string of the molecule is CC(C)[C@H]1Cc2ccc([C@H](C)O)cc2C1. The third-order valence-corrected chi connectivity index (χ3v) is 3.62. The fourth-order valence-electron chi connectivity index (χ4n) is 2.40. The summed E-state index contributed by atoms with van der Waals surface area (Å²) in [6.07, 6.45) is 2.06. The van der Waals surface area contributed by atoms with Crippen molar-refractivity contribution in [2.24, 2.45) is 11.8 Å². The van der Waals surface area contributed by atoms with Crippen LogP contribution in [0.15, 0.2) is 18.2 Å². The molecule has 0 saturated heterocycles. The van der Waals surface area contributed by atoms with Crippen LogP contribution in [0.3, 0.4) is 0 Å². The van der Waals surface area contributed by atoms with Crippen LogP contribution in [0.25, 0.3) is 0 Å². The molecule has 1 aliphatic rings. The van der Waals surface area contributed by atoms with Gasteiger partial charge in [-0.3, -0.25) is 0 Å². The van der Waals surface area contributed by atoms with Crippen LogP contribution in [-0.2, 0) is 12.8 Å². The summed E-state index contributed by atoms with van der Waals surface area (Å²) in [5.74, 6) is 1.55. The Hall–Kier alpha value is -0.820. The number of hydrogen-bond donors (Lipinski definition) is 1. The normalized spacial score (nSPS) is 21.8. The minimum Gasteiger partial charge on any atom is -0.389 e. The molecule has 0 aromatic heterocycles. The monoisotopic (exact) mass is 204 g/mol. The largest absolute Gasteiger partial charge is 0.389 e. The standard InChI is InChI=1S/C14H20O/c1-9(2)13-7-12-5-4-11(10(3)15)6-14(12)8-13/h4-6,9-10,13,15H,7-8H2,1-3H3/t10-,13-/m0/s1. The molecular formula is C14H20O. The van der Waals surface area contributed by atoms with Crippen molar-refractivity contribution in [1.29, 1.82) is 0 Å². The van der Waals surface area contributed by atoms with E-state index in [2.05, 4.69) is 32.0 Å². The number of aliphatic hydroxyl groups excluding tert-OH is 1. The zero-order chi connectivity index (χ0) is 11.0. The lowest BCUT2D eigenvalue weighted by molar-refractivity contribution is 0.199. The highest BCUT2D eigenvalue weighted by molar-refractivity contribution is 5.37. The van der Waals surface area contributed by atoms with Gasteiger partial charge in [0.1, 0.15) is 0 Å². The molecule has 1 N–H and O–H groups in total. The molecule has 2 atom stereocenters. The maximum Gasteiger partial charge on any atom is 0.0762 e. The number of rotatable bonds is 2. The van der Waals surface area contributed by atoms with Crippen molar-refractivity contribution in [3.05, 3.63) is 34.9 Å². The molecular weight excluding hydrogens is 184 g/mol. The average Bonchev–Trinajstić information content (AvgIpc) is 2.59. The molecule has 15 heavy (non-hydrogen) atoms. The molecule has 0 heterocycles. The predicted molar refractivity (Wildman–Crippen MR) is 62.8 cm³/mol. The van der Waals surface area contributed by atoms with Crippen molar-refractivity contribution in [3.8, 4) is 0 Å².